The van der Waals surface area contributed by atoms with Gasteiger partial charge in [0.15, 0.2) is 0 Å². The monoisotopic (exact) mass is 280 g/mol. The highest BCUT2D eigenvalue weighted by Gasteiger charge is 2.20. The number of pyridine rings is 1. The summed E-state index contributed by atoms with van der Waals surface area (Å²) in [5, 5.41) is 18.5. The van der Waals surface area contributed by atoms with Gasteiger partial charge in [-0.25, -0.2) is 0 Å². The van der Waals surface area contributed by atoms with Crippen molar-refractivity contribution in [1.82, 2.24) is 4.98 Å². The maximum Gasteiger partial charge on any atom is 0.0957 e. The van der Waals surface area contributed by atoms with Crippen molar-refractivity contribution in [1.29, 1.82) is 0 Å². The molecule has 1 aromatic rings. The van der Waals surface area contributed by atoms with Crippen LogP contribution in [0.15, 0.2) is 18.3 Å². The molecule has 0 bridgehead atoms. The first-order valence-electron chi connectivity index (χ1n) is 7.36. The van der Waals surface area contributed by atoms with Gasteiger partial charge in [-0.1, -0.05) is 6.92 Å². The molecule has 0 aromatic carbocycles. The first-order chi connectivity index (χ1) is 9.74. The minimum Gasteiger partial charge on any atom is -0.394 e. The lowest BCUT2D eigenvalue weighted by Crippen LogP contribution is -2.37. The van der Waals surface area contributed by atoms with E-state index in [9.17, 15) is 5.11 Å². The zero-order chi connectivity index (χ0) is 14.4. The number of aliphatic hydroxyl groups is 2. The number of hydrogen-bond donors (Lipinski definition) is 2. The van der Waals surface area contributed by atoms with E-state index in [4.69, 9.17) is 9.84 Å². The molecule has 5 heteroatoms. The lowest BCUT2D eigenvalue weighted by molar-refractivity contribution is 0.0159. The van der Waals surface area contributed by atoms with Crippen LogP contribution in [0.25, 0.3) is 0 Å². The third-order valence-electron chi connectivity index (χ3n) is 3.75. The normalized spacial score (nSPS) is 18.2. The van der Waals surface area contributed by atoms with Crippen LogP contribution in [0.1, 0.15) is 38.0 Å². The molecular formula is C15H24N2O3. The number of aliphatic hydroxyl groups excluding tert-OH is 2. The van der Waals surface area contributed by atoms with Crippen LogP contribution in [0.5, 0.6) is 0 Å². The molecule has 0 spiro atoms. The number of rotatable bonds is 6. The van der Waals surface area contributed by atoms with E-state index in [-0.39, 0.29) is 12.7 Å². The Morgan fingerprint density at radius 1 is 1.40 bits per heavy atom. The first kappa shape index (κ1) is 15.2. The summed E-state index contributed by atoms with van der Waals surface area (Å²) in [6, 6.07) is 3.92. The van der Waals surface area contributed by atoms with Crippen LogP contribution in [0.3, 0.4) is 0 Å². The maximum atomic E-state index is 9.73. The first-order valence-corrected chi connectivity index (χ1v) is 7.36. The van der Waals surface area contributed by atoms with Gasteiger partial charge >= 0.3 is 0 Å². The van der Waals surface area contributed by atoms with Crippen molar-refractivity contribution in [3.8, 4) is 0 Å². The largest absolute Gasteiger partial charge is 0.394 e. The Bertz CT molecular complexity index is 389. The summed E-state index contributed by atoms with van der Waals surface area (Å²) in [4.78, 5) is 6.62. The predicted octanol–water partition coefficient (Wildman–Crippen LogP) is 1.50. The Morgan fingerprint density at radius 2 is 2.15 bits per heavy atom. The topological polar surface area (TPSA) is 65.8 Å². The second-order valence-electron chi connectivity index (χ2n) is 5.15. The number of hydrogen-bond acceptors (Lipinski definition) is 5. The van der Waals surface area contributed by atoms with Crippen molar-refractivity contribution < 1.29 is 14.9 Å². The highest BCUT2D eigenvalue weighted by Crippen LogP contribution is 2.22. The smallest absolute Gasteiger partial charge is 0.0957 e. The molecule has 0 saturated carbocycles. The molecular weight excluding hydrogens is 256 g/mol. The zero-order valence-corrected chi connectivity index (χ0v) is 12.0. The molecule has 0 unspecified atom stereocenters. The lowest BCUT2D eigenvalue weighted by atomic mass is 10.1. The molecule has 0 amide bonds. The molecule has 1 saturated heterocycles. The summed E-state index contributed by atoms with van der Waals surface area (Å²) in [7, 11) is 0. The van der Waals surface area contributed by atoms with Gasteiger partial charge in [-0.15, -0.1) is 0 Å². The Morgan fingerprint density at radius 3 is 2.70 bits per heavy atom. The van der Waals surface area contributed by atoms with E-state index in [0.29, 0.717) is 13.0 Å². The van der Waals surface area contributed by atoms with E-state index in [2.05, 4.69) is 9.88 Å². The molecule has 20 heavy (non-hydrogen) atoms. The summed E-state index contributed by atoms with van der Waals surface area (Å²) in [6.07, 6.45) is 4.25. The molecule has 5 nitrogen and oxygen atoms in total. The molecule has 2 N–H and O–H groups in total. The molecule has 0 aliphatic carbocycles. The summed E-state index contributed by atoms with van der Waals surface area (Å²) >= 11 is 0. The minimum absolute atomic E-state index is 0.0886. The van der Waals surface area contributed by atoms with Crippen LogP contribution in [-0.2, 0) is 4.74 Å². The fraction of sp³-hybridized carbons (Fsp3) is 0.667. The van der Waals surface area contributed by atoms with E-state index in [1.165, 1.54) is 0 Å². The van der Waals surface area contributed by atoms with Crippen LogP contribution >= 0.6 is 0 Å². The SMILES string of the molecule is CC[C@@H](O)c1ccc(N2CCC(OCCO)CC2)cn1. The average Bonchev–Trinajstić information content (AvgIpc) is 2.53. The van der Waals surface area contributed by atoms with Crippen molar-refractivity contribution in [2.24, 2.45) is 0 Å². The van der Waals surface area contributed by atoms with Gasteiger partial charge in [0.05, 0.1) is 43.0 Å². The third-order valence-corrected chi connectivity index (χ3v) is 3.75. The molecule has 1 aromatic heterocycles. The summed E-state index contributed by atoms with van der Waals surface area (Å²) in [6.45, 7) is 4.33. The molecule has 1 aliphatic heterocycles. The number of nitrogens with zero attached hydrogens (tertiary/aromatic N) is 2. The van der Waals surface area contributed by atoms with Gasteiger partial charge in [0, 0.05) is 13.1 Å². The Kier molecular flexibility index (Phi) is 5.76. The van der Waals surface area contributed by atoms with Crippen LogP contribution in [0.4, 0.5) is 5.69 Å². The molecule has 2 rings (SSSR count). The standard InChI is InChI=1S/C15H24N2O3/c1-2-15(19)14-4-3-12(11-16-14)17-7-5-13(6-8-17)20-10-9-18/h3-4,11,13,15,18-19H,2,5-10H2,1H3/t15-/m1/s1. The quantitative estimate of drug-likeness (QED) is 0.826. The van der Waals surface area contributed by atoms with E-state index < -0.39 is 6.10 Å². The fourth-order valence-electron chi connectivity index (χ4n) is 2.49. The Hall–Kier alpha value is -1.17. The zero-order valence-electron chi connectivity index (χ0n) is 12.0. The van der Waals surface area contributed by atoms with Crippen molar-refractivity contribution in [2.45, 2.75) is 38.4 Å². The summed E-state index contributed by atoms with van der Waals surface area (Å²) in [5.41, 5.74) is 1.83. The highest BCUT2D eigenvalue weighted by atomic mass is 16.5. The lowest BCUT2D eigenvalue weighted by Gasteiger charge is -2.33. The molecule has 1 atom stereocenters. The van der Waals surface area contributed by atoms with Gasteiger partial charge in [-0.2, -0.15) is 0 Å². The van der Waals surface area contributed by atoms with Crippen molar-refractivity contribution >= 4 is 5.69 Å². The second kappa shape index (κ2) is 7.57. The molecule has 2 heterocycles. The molecule has 112 valence electrons. The average molecular weight is 280 g/mol. The molecule has 1 fully saturated rings. The van der Waals surface area contributed by atoms with E-state index >= 15 is 0 Å². The second-order valence-corrected chi connectivity index (χ2v) is 5.15. The Labute approximate surface area is 120 Å². The van der Waals surface area contributed by atoms with E-state index in [0.717, 1.165) is 37.3 Å². The van der Waals surface area contributed by atoms with Crippen molar-refractivity contribution in [3.05, 3.63) is 24.0 Å². The maximum absolute atomic E-state index is 9.73. The van der Waals surface area contributed by atoms with Gasteiger partial charge in [0.25, 0.3) is 0 Å². The van der Waals surface area contributed by atoms with Gasteiger partial charge in [-0.3, -0.25) is 4.98 Å². The van der Waals surface area contributed by atoms with Crippen LogP contribution < -0.4 is 4.90 Å². The van der Waals surface area contributed by atoms with Gasteiger partial charge in [-0.05, 0) is 31.4 Å². The van der Waals surface area contributed by atoms with Gasteiger partial charge < -0.3 is 19.8 Å². The van der Waals surface area contributed by atoms with E-state index in [1.54, 1.807) is 0 Å². The van der Waals surface area contributed by atoms with E-state index in [1.807, 2.05) is 25.3 Å². The predicted molar refractivity (Wildman–Crippen MR) is 77.8 cm³/mol. The number of ether oxygens (including phenoxy) is 1. The number of aromatic nitrogens is 1. The summed E-state index contributed by atoms with van der Waals surface area (Å²) in [5.74, 6) is 0. The minimum atomic E-state index is -0.471. The van der Waals surface area contributed by atoms with Crippen LogP contribution in [0, 0.1) is 0 Å². The number of piperidine rings is 1. The summed E-state index contributed by atoms with van der Waals surface area (Å²) < 4.78 is 5.56. The van der Waals surface area contributed by atoms with Crippen molar-refractivity contribution in [3.63, 3.8) is 0 Å². The van der Waals surface area contributed by atoms with Crippen molar-refractivity contribution in [2.75, 3.05) is 31.2 Å². The number of anilines is 1. The highest BCUT2D eigenvalue weighted by molar-refractivity contribution is 5.45. The van der Waals surface area contributed by atoms with Crippen LogP contribution in [-0.4, -0.2) is 47.6 Å². The van der Waals surface area contributed by atoms with Gasteiger partial charge in [0.1, 0.15) is 0 Å². The molecule has 0 radical (unpaired) electrons. The third kappa shape index (κ3) is 3.91. The van der Waals surface area contributed by atoms with Crippen LogP contribution in [0.2, 0.25) is 0 Å². The van der Waals surface area contributed by atoms with Gasteiger partial charge in [0.2, 0.25) is 0 Å². The Balaban J connectivity index is 1.87. The molecule has 1 aliphatic rings. The fourth-order valence-corrected chi connectivity index (χ4v) is 2.49.